The fourth-order valence-electron chi connectivity index (χ4n) is 3.00. The first-order valence-electron chi connectivity index (χ1n) is 7.63. The second-order valence-electron chi connectivity index (χ2n) is 5.85. The van der Waals surface area contributed by atoms with Crippen LogP contribution in [-0.2, 0) is 4.79 Å². The first-order valence-corrected chi connectivity index (χ1v) is 8.51. The van der Waals surface area contributed by atoms with Crippen LogP contribution in [0, 0.1) is 0 Å². The lowest BCUT2D eigenvalue weighted by Crippen LogP contribution is -2.47. The number of hydrogen-bond acceptors (Lipinski definition) is 2. The Morgan fingerprint density at radius 2 is 1.75 bits per heavy atom. The third kappa shape index (κ3) is 3.78. The molecule has 110 valence electrons. The van der Waals surface area contributed by atoms with Crippen LogP contribution in [-0.4, -0.2) is 28.1 Å². The molecular weight excluding hydrogens is 266 g/mol. The van der Waals surface area contributed by atoms with Gasteiger partial charge in [-0.25, -0.2) is 0 Å². The Balaban J connectivity index is 2.03. The normalized spacial score (nSPS) is 17.4. The molecule has 0 aliphatic heterocycles. The summed E-state index contributed by atoms with van der Waals surface area (Å²) in [4.78, 5) is 16.1. The molecule has 20 heavy (non-hydrogen) atoms. The lowest BCUT2D eigenvalue weighted by molar-refractivity contribution is -0.134. The summed E-state index contributed by atoms with van der Waals surface area (Å²) >= 11 is 1.66. The van der Waals surface area contributed by atoms with Crippen molar-refractivity contribution in [1.82, 2.24) is 4.90 Å². The number of amides is 1. The molecule has 0 spiro atoms. The molecule has 1 fully saturated rings. The van der Waals surface area contributed by atoms with Crippen molar-refractivity contribution in [2.24, 2.45) is 0 Å². The quantitative estimate of drug-likeness (QED) is 0.752. The van der Waals surface area contributed by atoms with Gasteiger partial charge in [-0.2, -0.15) is 0 Å². The van der Waals surface area contributed by atoms with Gasteiger partial charge in [0.05, 0.1) is 5.25 Å². The molecule has 2 nitrogen and oxygen atoms in total. The summed E-state index contributed by atoms with van der Waals surface area (Å²) in [6.45, 7) is 6.30. The Morgan fingerprint density at radius 1 is 1.15 bits per heavy atom. The zero-order chi connectivity index (χ0) is 14.5. The number of nitrogens with zero attached hydrogens (tertiary/aromatic N) is 1. The van der Waals surface area contributed by atoms with E-state index < -0.39 is 0 Å². The molecule has 0 radical (unpaired) electrons. The number of thioether (sulfide) groups is 1. The van der Waals surface area contributed by atoms with Crippen LogP contribution in [0.4, 0.5) is 0 Å². The second-order valence-corrected chi connectivity index (χ2v) is 7.26. The fourth-order valence-corrected chi connectivity index (χ4v) is 3.95. The SMILES string of the molecule is CC(Sc1ccccc1)C(=O)N(C(C)C)C1CCCC1. The highest BCUT2D eigenvalue weighted by atomic mass is 32.2. The lowest BCUT2D eigenvalue weighted by atomic mass is 10.1. The zero-order valence-electron chi connectivity index (χ0n) is 12.7. The Labute approximate surface area is 126 Å². The Morgan fingerprint density at radius 3 is 2.30 bits per heavy atom. The lowest BCUT2D eigenvalue weighted by Gasteiger charge is -2.34. The minimum absolute atomic E-state index is 0.0135. The Kier molecular flexibility index (Phi) is 5.53. The number of carbonyl (C=O) groups excluding carboxylic acids is 1. The smallest absolute Gasteiger partial charge is 0.236 e. The van der Waals surface area contributed by atoms with Crippen LogP contribution < -0.4 is 0 Å². The largest absolute Gasteiger partial charge is 0.336 e. The van der Waals surface area contributed by atoms with Gasteiger partial charge < -0.3 is 4.90 Å². The molecule has 1 saturated carbocycles. The van der Waals surface area contributed by atoms with Gasteiger partial charge in [0.1, 0.15) is 0 Å². The summed E-state index contributed by atoms with van der Waals surface area (Å²) in [6, 6.07) is 11.0. The zero-order valence-corrected chi connectivity index (χ0v) is 13.5. The third-order valence-electron chi connectivity index (χ3n) is 3.93. The van der Waals surface area contributed by atoms with Crippen LogP contribution in [0.25, 0.3) is 0 Å². The van der Waals surface area contributed by atoms with Crippen molar-refractivity contribution in [2.45, 2.75) is 68.7 Å². The molecule has 0 heterocycles. The molecule has 0 N–H and O–H groups in total. The standard InChI is InChI=1S/C17H25NOS/c1-13(2)18(15-9-7-8-10-15)17(19)14(3)20-16-11-5-4-6-12-16/h4-6,11-15H,7-10H2,1-3H3. The maximum atomic E-state index is 12.8. The molecule has 1 aromatic carbocycles. The molecule has 1 aromatic rings. The molecule has 0 aromatic heterocycles. The van der Waals surface area contributed by atoms with Gasteiger partial charge in [0, 0.05) is 17.0 Å². The molecule has 1 aliphatic rings. The monoisotopic (exact) mass is 291 g/mol. The highest BCUT2D eigenvalue weighted by Crippen LogP contribution is 2.29. The predicted octanol–water partition coefficient (Wildman–Crippen LogP) is 4.35. The molecule has 0 bridgehead atoms. The Bertz CT molecular complexity index is 426. The van der Waals surface area contributed by atoms with Gasteiger partial charge in [0.25, 0.3) is 0 Å². The minimum Gasteiger partial charge on any atom is -0.336 e. The number of hydrogen-bond donors (Lipinski definition) is 0. The summed E-state index contributed by atoms with van der Waals surface area (Å²) < 4.78 is 0. The maximum absolute atomic E-state index is 12.8. The van der Waals surface area contributed by atoms with Crippen molar-refractivity contribution in [1.29, 1.82) is 0 Å². The first-order chi connectivity index (χ1) is 9.59. The van der Waals surface area contributed by atoms with Gasteiger partial charge in [0.2, 0.25) is 5.91 Å². The van der Waals surface area contributed by atoms with E-state index in [0.717, 1.165) is 0 Å². The van der Waals surface area contributed by atoms with Crippen LogP contribution in [0.5, 0.6) is 0 Å². The topological polar surface area (TPSA) is 20.3 Å². The van der Waals surface area contributed by atoms with E-state index in [-0.39, 0.29) is 5.25 Å². The van der Waals surface area contributed by atoms with Gasteiger partial charge >= 0.3 is 0 Å². The molecule has 1 aliphatic carbocycles. The highest BCUT2D eigenvalue weighted by Gasteiger charge is 2.31. The third-order valence-corrected chi connectivity index (χ3v) is 5.03. The summed E-state index contributed by atoms with van der Waals surface area (Å²) in [7, 11) is 0. The van der Waals surface area contributed by atoms with Crippen molar-refractivity contribution in [3.8, 4) is 0 Å². The Hall–Kier alpha value is -0.960. The summed E-state index contributed by atoms with van der Waals surface area (Å²) in [5, 5.41) is -0.0135. The minimum atomic E-state index is -0.0135. The first kappa shape index (κ1) is 15.4. The van der Waals surface area contributed by atoms with Crippen LogP contribution >= 0.6 is 11.8 Å². The number of benzene rings is 1. The van der Waals surface area contributed by atoms with Gasteiger partial charge in [-0.05, 0) is 45.7 Å². The second kappa shape index (κ2) is 7.16. The van der Waals surface area contributed by atoms with Gasteiger partial charge in [0.15, 0.2) is 0 Å². The van der Waals surface area contributed by atoms with Crippen LogP contribution in [0.15, 0.2) is 35.2 Å². The van der Waals surface area contributed by atoms with Gasteiger partial charge in [-0.15, -0.1) is 11.8 Å². The van der Waals surface area contributed by atoms with E-state index in [2.05, 4.69) is 30.9 Å². The van der Waals surface area contributed by atoms with Crippen LogP contribution in [0.2, 0.25) is 0 Å². The molecule has 0 saturated heterocycles. The molecule has 3 heteroatoms. The van der Waals surface area contributed by atoms with Crippen molar-refractivity contribution < 1.29 is 4.79 Å². The number of rotatable bonds is 5. The van der Waals surface area contributed by atoms with E-state index in [9.17, 15) is 4.79 Å². The van der Waals surface area contributed by atoms with Crippen molar-refractivity contribution >= 4 is 17.7 Å². The van der Waals surface area contributed by atoms with Crippen LogP contribution in [0.3, 0.4) is 0 Å². The fraction of sp³-hybridized carbons (Fsp3) is 0.588. The molecule has 2 rings (SSSR count). The van der Waals surface area contributed by atoms with E-state index in [0.29, 0.717) is 18.0 Å². The molecular formula is C17H25NOS. The van der Waals surface area contributed by atoms with E-state index in [1.807, 2.05) is 25.1 Å². The van der Waals surface area contributed by atoms with E-state index in [4.69, 9.17) is 0 Å². The van der Waals surface area contributed by atoms with Crippen molar-refractivity contribution in [2.75, 3.05) is 0 Å². The maximum Gasteiger partial charge on any atom is 0.236 e. The van der Waals surface area contributed by atoms with Crippen molar-refractivity contribution in [3.63, 3.8) is 0 Å². The van der Waals surface area contributed by atoms with E-state index >= 15 is 0 Å². The van der Waals surface area contributed by atoms with E-state index in [1.165, 1.54) is 30.6 Å². The molecule has 1 amide bonds. The van der Waals surface area contributed by atoms with Crippen molar-refractivity contribution in [3.05, 3.63) is 30.3 Å². The van der Waals surface area contributed by atoms with E-state index in [1.54, 1.807) is 11.8 Å². The summed E-state index contributed by atoms with van der Waals surface area (Å²) in [6.07, 6.45) is 4.88. The highest BCUT2D eigenvalue weighted by molar-refractivity contribution is 8.00. The average molecular weight is 291 g/mol. The predicted molar refractivity (Wildman–Crippen MR) is 86.0 cm³/mol. The summed E-state index contributed by atoms with van der Waals surface area (Å²) in [5.41, 5.74) is 0. The number of carbonyl (C=O) groups is 1. The van der Waals surface area contributed by atoms with Gasteiger partial charge in [-0.3, -0.25) is 4.79 Å². The molecule has 1 unspecified atom stereocenters. The molecule has 1 atom stereocenters. The average Bonchev–Trinajstić information content (AvgIpc) is 2.93. The van der Waals surface area contributed by atoms with Crippen LogP contribution in [0.1, 0.15) is 46.5 Å². The summed E-state index contributed by atoms with van der Waals surface area (Å²) in [5.74, 6) is 0.292. The van der Waals surface area contributed by atoms with Gasteiger partial charge in [-0.1, -0.05) is 31.0 Å².